The number of rotatable bonds is 10. The maximum Gasteiger partial charge on any atom is 0.254 e. The summed E-state index contributed by atoms with van der Waals surface area (Å²) in [5.41, 5.74) is 8.54. The van der Waals surface area contributed by atoms with Crippen LogP contribution in [0.5, 0.6) is 11.5 Å². The molecule has 0 unspecified atom stereocenters. The molecule has 0 spiro atoms. The van der Waals surface area contributed by atoms with E-state index in [9.17, 15) is 4.79 Å². The minimum Gasteiger partial charge on any atom is -0.493 e. The number of amides is 1. The summed E-state index contributed by atoms with van der Waals surface area (Å²) in [4.78, 5) is 16.3. The van der Waals surface area contributed by atoms with Crippen LogP contribution in [0.3, 0.4) is 0 Å². The maximum absolute atomic E-state index is 13.2. The van der Waals surface area contributed by atoms with Gasteiger partial charge in [-0.2, -0.15) is 0 Å². The summed E-state index contributed by atoms with van der Waals surface area (Å²) in [5.74, 6) is 1.12. The zero-order valence-corrected chi connectivity index (χ0v) is 18.3. The SMILES string of the molecule is COc1cc(C(=O)N(CCCN)Cc2sccc2C)ccc1OCc1ccccc1. The molecule has 2 aromatic carbocycles. The summed E-state index contributed by atoms with van der Waals surface area (Å²) < 4.78 is 11.4. The van der Waals surface area contributed by atoms with Crippen LogP contribution in [0.25, 0.3) is 0 Å². The molecule has 3 aromatic rings. The molecule has 6 heteroatoms. The van der Waals surface area contributed by atoms with E-state index in [2.05, 4.69) is 18.4 Å². The van der Waals surface area contributed by atoms with Crippen LogP contribution in [0.2, 0.25) is 0 Å². The molecule has 1 heterocycles. The Balaban J connectivity index is 1.76. The van der Waals surface area contributed by atoms with Crippen molar-refractivity contribution in [2.75, 3.05) is 20.2 Å². The lowest BCUT2D eigenvalue weighted by Crippen LogP contribution is -2.32. The quantitative estimate of drug-likeness (QED) is 0.515. The van der Waals surface area contributed by atoms with Gasteiger partial charge in [0.05, 0.1) is 13.7 Å². The average Bonchev–Trinajstić information content (AvgIpc) is 3.19. The molecule has 158 valence electrons. The number of nitrogens with zero attached hydrogens (tertiary/aromatic N) is 1. The van der Waals surface area contributed by atoms with Crippen LogP contribution in [0.15, 0.2) is 60.0 Å². The minimum atomic E-state index is -0.0378. The Morgan fingerprint density at radius 1 is 1.10 bits per heavy atom. The van der Waals surface area contributed by atoms with Crippen molar-refractivity contribution >= 4 is 17.2 Å². The molecule has 0 aliphatic rings. The first-order chi connectivity index (χ1) is 14.6. The van der Waals surface area contributed by atoms with Gasteiger partial charge >= 0.3 is 0 Å². The molecule has 0 atom stereocenters. The number of hydrogen-bond acceptors (Lipinski definition) is 5. The summed E-state index contributed by atoms with van der Waals surface area (Å²) in [5, 5.41) is 2.05. The Morgan fingerprint density at radius 2 is 1.90 bits per heavy atom. The van der Waals surface area contributed by atoms with E-state index in [1.165, 1.54) is 10.4 Å². The highest BCUT2D eigenvalue weighted by Crippen LogP contribution is 2.30. The lowest BCUT2D eigenvalue weighted by molar-refractivity contribution is 0.0743. The van der Waals surface area contributed by atoms with E-state index in [0.717, 1.165) is 12.0 Å². The van der Waals surface area contributed by atoms with Crippen molar-refractivity contribution in [2.45, 2.75) is 26.5 Å². The first-order valence-corrected chi connectivity index (χ1v) is 10.9. The number of nitrogens with two attached hydrogens (primary N) is 1. The average molecular weight is 425 g/mol. The predicted octanol–water partition coefficient (Wildman–Crippen LogP) is 4.64. The molecule has 5 nitrogen and oxygen atoms in total. The molecule has 30 heavy (non-hydrogen) atoms. The largest absolute Gasteiger partial charge is 0.493 e. The summed E-state index contributed by atoms with van der Waals surface area (Å²) in [7, 11) is 1.58. The molecule has 0 radical (unpaired) electrons. The number of thiophene rings is 1. The molecule has 0 fully saturated rings. The van der Waals surface area contributed by atoms with Crippen LogP contribution in [0, 0.1) is 6.92 Å². The summed E-state index contributed by atoms with van der Waals surface area (Å²) in [6.07, 6.45) is 0.756. The molecule has 0 aliphatic carbocycles. The van der Waals surface area contributed by atoms with E-state index < -0.39 is 0 Å². The zero-order valence-electron chi connectivity index (χ0n) is 17.5. The molecule has 0 saturated carbocycles. The van der Waals surface area contributed by atoms with Gasteiger partial charge in [0.25, 0.3) is 5.91 Å². The number of carbonyl (C=O) groups excluding carboxylic acids is 1. The van der Waals surface area contributed by atoms with Crippen LogP contribution in [-0.4, -0.2) is 31.0 Å². The lowest BCUT2D eigenvalue weighted by atomic mass is 10.1. The monoisotopic (exact) mass is 424 g/mol. The highest BCUT2D eigenvalue weighted by Gasteiger charge is 2.19. The van der Waals surface area contributed by atoms with Gasteiger partial charge in [-0.1, -0.05) is 30.3 Å². The normalized spacial score (nSPS) is 10.6. The maximum atomic E-state index is 13.2. The van der Waals surface area contributed by atoms with Crippen molar-refractivity contribution in [2.24, 2.45) is 5.73 Å². The number of hydrogen-bond donors (Lipinski definition) is 1. The van der Waals surface area contributed by atoms with Gasteiger partial charge in [0.15, 0.2) is 11.5 Å². The molecule has 2 N–H and O–H groups in total. The van der Waals surface area contributed by atoms with Gasteiger partial charge in [0.1, 0.15) is 6.61 Å². The Kier molecular flexibility index (Phi) is 7.88. The van der Waals surface area contributed by atoms with Crippen molar-refractivity contribution in [3.8, 4) is 11.5 Å². The fourth-order valence-corrected chi connectivity index (χ4v) is 4.03. The fraction of sp³-hybridized carbons (Fsp3) is 0.292. The molecule has 0 saturated heterocycles. The fourth-order valence-electron chi connectivity index (χ4n) is 3.11. The molecule has 3 rings (SSSR count). The van der Waals surface area contributed by atoms with E-state index in [1.807, 2.05) is 35.2 Å². The van der Waals surface area contributed by atoms with Crippen LogP contribution in [0.1, 0.15) is 32.8 Å². The second kappa shape index (κ2) is 10.8. The predicted molar refractivity (Wildman–Crippen MR) is 121 cm³/mol. The molecule has 1 aromatic heterocycles. The van der Waals surface area contributed by atoms with Gasteiger partial charge in [0.2, 0.25) is 0 Å². The van der Waals surface area contributed by atoms with Crippen molar-refractivity contribution < 1.29 is 14.3 Å². The minimum absolute atomic E-state index is 0.0378. The summed E-state index contributed by atoms with van der Waals surface area (Å²) in [6, 6.07) is 17.4. The lowest BCUT2D eigenvalue weighted by Gasteiger charge is -2.23. The van der Waals surface area contributed by atoms with Crippen molar-refractivity contribution in [3.05, 3.63) is 81.5 Å². The highest BCUT2D eigenvalue weighted by molar-refractivity contribution is 7.10. The van der Waals surface area contributed by atoms with E-state index in [1.54, 1.807) is 36.6 Å². The third-order valence-corrected chi connectivity index (χ3v) is 5.88. The Bertz CT molecular complexity index is 956. The standard InChI is InChI=1S/C24H28N2O3S/c1-18-11-14-30-23(18)16-26(13-6-12-25)24(27)20-9-10-21(22(15-20)28-2)29-17-19-7-4-3-5-8-19/h3-5,7-11,14-15H,6,12-13,16-17,25H2,1-2H3. The number of benzene rings is 2. The Hall–Kier alpha value is -2.83. The molecule has 0 bridgehead atoms. The smallest absolute Gasteiger partial charge is 0.254 e. The Labute approximate surface area is 182 Å². The van der Waals surface area contributed by atoms with Gasteiger partial charge in [-0.25, -0.2) is 0 Å². The van der Waals surface area contributed by atoms with Crippen LogP contribution >= 0.6 is 11.3 Å². The number of methoxy groups -OCH3 is 1. The second-order valence-electron chi connectivity index (χ2n) is 7.04. The van der Waals surface area contributed by atoms with Crippen molar-refractivity contribution in [1.82, 2.24) is 4.90 Å². The van der Waals surface area contributed by atoms with Gasteiger partial charge in [-0.05, 0) is 60.7 Å². The van der Waals surface area contributed by atoms with Gasteiger partial charge in [0, 0.05) is 17.0 Å². The van der Waals surface area contributed by atoms with Crippen LogP contribution < -0.4 is 15.2 Å². The topological polar surface area (TPSA) is 64.8 Å². The van der Waals surface area contributed by atoms with E-state index >= 15 is 0 Å². The summed E-state index contributed by atoms with van der Waals surface area (Å²) >= 11 is 1.67. The first-order valence-electron chi connectivity index (χ1n) is 9.99. The number of ether oxygens (including phenoxy) is 2. The van der Waals surface area contributed by atoms with E-state index in [4.69, 9.17) is 15.2 Å². The molecule has 1 amide bonds. The molecular formula is C24H28N2O3S. The third kappa shape index (κ3) is 5.62. The Morgan fingerprint density at radius 3 is 2.57 bits per heavy atom. The van der Waals surface area contributed by atoms with Crippen molar-refractivity contribution in [1.29, 1.82) is 0 Å². The van der Waals surface area contributed by atoms with E-state index in [0.29, 0.717) is 43.3 Å². The zero-order chi connectivity index (χ0) is 21.3. The van der Waals surface area contributed by atoms with Crippen LogP contribution in [-0.2, 0) is 13.2 Å². The van der Waals surface area contributed by atoms with Gasteiger partial charge in [-0.15, -0.1) is 11.3 Å². The van der Waals surface area contributed by atoms with Crippen molar-refractivity contribution in [3.63, 3.8) is 0 Å². The highest BCUT2D eigenvalue weighted by atomic mass is 32.1. The van der Waals surface area contributed by atoms with E-state index in [-0.39, 0.29) is 5.91 Å². The van der Waals surface area contributed by atoms with Gasteiger partial charge in [-0.3, -0.25) is 4.79 Å². The number of aryl methyl sites for hydroxylation is 1. The van der Waals surface area contributed by atoms with Gasteiger partial charge < -0.3 is 20.1 Å². The van der Waals surface area contributed by atoms with Crippen LogP contribution in [0.4, 0.5) is 0 Å². The number of carbonyl (C=O) groups is 1. The molecular weight excluding hydrogens is 396 g/mol. The second-order valence-corrected chi connectivity index (χ2v) is 8.04. The molecule has 0 aliphatic heterocycles. The first kappa shape index (κ1) is 21.9. The summed E-state index contributed by atoms with van der Waals surface area (Å²) in [6.45, 7) is 4.24. The third-order valence-electron chi connectivity index (χ3n) is 4.87.